The highest BCUT2D eigenvalue weighted by Crippen LogP contribution is 2.28. The molecule has 0 aromatic heterocycles. The van der Waals surface area contributed by atoms with Crippen molar-refractivity contribution in [3.8, 4) is 11.5 Å². The molecule has 2 N–H and O–H groups in total. The van der Waals surface area contributed by atoms with Crippen molar-refractivity contribution in [1.29, 1.82) is 0 Å². The predicted octanol–water partition coefficient (Wildman–Crippen LogP) is 4.58. The van der Waals surface area contributed by atoms with Crippen molar-refractivity contribution in [1.82, 2.24) is 4.72 Å². The van der Waals surface area contributed by atoms with Crippen LogP contribution in [0.3, 0.4) is 0 Å². The summed E-state index contributed by atoms with van der Waals surface area (Å²) in [7, 11) is -2.55. The summed E-state index contributed by atoms with van der Waals surface area (Å²) in [6.07, 6.45) is 0.144. The molecule has 180 valence electrons. The minimum atomic E-state index is -4.02. The lowest BCUT2D eigenvalue weighted by atomic mass is 10.1. The van der Waals surface area contributed by atoms with E-state index in [1.165, 1.54) is 19.2 Å². The lowest BCUT2D eigenvalue weighted by Crippen LogP contribution is -2.45. The lowest BCUT2D eigenvalue weighted by Gasteiger charge is -2.20. The number of carbonyl (C=O) groups is 1. The molecule has 3 aromatic rings. The first-order valence-corrected chi connectivity index (χ1v) is 12.5. The van der Waals surface area contributed by atoms with Gasteiger partial charge in [-0.3, -0.25) is 4.79 Å². The molecule has 0 aliphatic rings. The van der Waals surface area contributed by atoms with Crippen LogP contribution in [0.4, 0.5) is 5.69 Å². The molecule has 3 aromatic carbocycles. The summed E-state index contributed by atoms with van der Waals surface area (Å²) in [6, 6.07) is 17.5. The quantitative estimate of drug-likeness (QED) is 0.423. The van der Waals surface area contributed by atoms with E-state index in [9.17, 15) is 13.2 Å². The summed E-state index contributed by atoms with van der Waals surface area (Å²) < 4.78 is 39.8. The lowest BCUT2D eigenvalue weighted by molar-refractivity contribution is -0.117. The van der Waals surface area contributed by atoms with Crippen molar-refractivity contribution in [3.63, 3.8) is 0 Å². The largest absolute Gasteiger partial charge is 0.495 e. The normalized spacial score (nSPS) is 12.1. The van der Waals surface area contributed by atoms with Crippen molar-refractivity contribution in [2.24, 2.45) is 0 Å². The molecular formula is C25H27ClN2O5S. The Morgan fingerprint density at radius 1 is 1.03 bits per heavy atom. The van der Waals surface area contributed by atoms with Gasteiger partial charge in [0.25, 0.3) is 0 Å². The number of aryl methyl sites for hydroxylation is 1. The van der Waals surface area contributed by atoms with Crippen LogP contribution in [0, 0.1) is 6.92 Å². The molecule has 1 amide bonds. The van der Waals surface area contributed by atoms with Crippen molar-refractivity contribution in [2.45, 2.75) is 31.2 Å². The molecule has 0 heterocycles. The zero-order valence-electron chi connectivity index (χ0n) is 19.2. The molecule has 0 spiro atoms. The van der Waals surface area contributed by atoms with Gasteiger partial charge in [0.15, 0.2) is 0 Å². The molecule has 0 aliphatic carbocycles. The molecule has 7 nitrogen and oxygen atoms in total. The molecule has 9 heteroatoms. The third kappa shape index (κ3) is 6.50. The number of methoxy groups -OCH3 is 1. The van der Waals surface area contributed by atoms with Crippen LogP contribution in [-0.2, 0) is 21.2 Å². The van der Waals surface area contributed by atoms with E-state index in [-0.39, 0.29) is 11.3 Å². The highest BCUT2D eigenvalue weighted by Gasteiger charge is 2.27. The number of halogens is 1. The molecule has 0 radical (unpaired) electrons. The molecule has 3 rings (SSSR count). The number of hydrogen-bond donors (Lipinski definition) is 2. The van der Waals surface area contributed by atoms with E-state index in [2.05, 4.69) is 10.0 Å². The van der Waals surface area contributed by atoms with E-state index in [1.807, 2.05) is 37.3 Å². The van der Waals surface area contributed by atoms with Gasteiger partial charge in [-0.15, -0.1) is 0 Å². The smallest absolute Gasteiger partial charge is 0.243 e. The highest BCUT2D eigenvalue weighted by molar-refractivity contribution is 7.89. The number of hydrogen-bond acceptors (Lipinski definition) is 5. The van der Waals surface area contributed by atoms with Crippen LogP contribution in [0.5, 0.6) is 11.5 Å². The third-order valence-electron chi connectivity index (χ3n) is 5.07. The predicted molar refractivity (Wildman–Crippen MR) is 133 cm³/mol. The topological polar surface area (TPSA) is 93.7 Å². The van der Waals surface area contributed by atoms with Crippen LogP contribution in [0.1, 0.15) is 18.1 Å². The van der Waals surface area contributed by atoms with Gasteiger partial charge in [-0.05, 0) is 67.8 Å². The summed E-state index contributed by atoms with van der Waals surface area (Å²) in [6.45, 7) is 4.09. The standard InChI is InChI=1S/C25H27ClN2O5S/c1-4-33-23-13-11-20(14-17(23)2)34(30,31)28-22(15-18-8-6-5-7-9-18)25(29)27-21-16-19(26)10-12-24(21)32-3/h5-14,16,22,28H,4,15H2,1-3H3,(H,27,29). The SMILES string of the molecule is CCOc1ccc(S(=O)(=O)NC(Cc2ccccc2)C(=O)Nc2cc(Cl)ccc2OC)cc1C. The fourth-order valence-electron chi connectivity index (χ4n) is 3.40. The van der Waals surface area contributed by atoms with Crippen LogP contribution < -0.4 is 19.5 Å². The second kappa shape index (κ2) is 11.4. The number of anilines is 1. The second-order valence-corrected chi connectivity index (χ2v) is 9.71. The van der Waals surface area contributed by atoms with Crippen molar-refractivity contribution in [2.75, 3.05) is 19.0 Å². The van der Waals surface area contributed by atoms with Crippen LogP contribution in [0.15, 0.2) is 71.6 Å². The molecule has 0 fully saturated rings. The molecule has 34 heavy (non-hydrogen) atoms. The zero-order chi connectivity index (χ0) is 24.7. The third-order valence-corrected chi connectivity index (χ3v) is 6.78. The van der Waals surface area contributed by atoms with Gasteiger partial charge in [-0.1, -0.05) is 41.9 Å². The molecule has 0 bridgehead atoms. The number of benzene rings is 3. The Labute approximate surface area is 205 Å². The first kappa shape index (κ1) is 25.6. The van der Waals surface area contributed by atoms with E-state index in [4.69, 9.17) is 21.1 Å². The molecule has 0 saturated heterocycles. The molecule has 1 atom stereocenters. The summed E-state index contributed by atoms with van der Waals surface area (Å²) >= 11 is 6.07. The molecule has 0 aliphatic heterocycles. The Balaban J connectivity index is 1.90. The molecule has 1 unspecified atom stereocenters. The van der Waals surface area contributed by atoms with Gasteiger partial charge in [0.05, 0.1) is 24.3 Å². The van der Waals surface area contributed by atoms with Gasteiger partial charge in [0.1, 0.15) is 17.5 Å². The van der Waals surface area contributed by atoms with Crippen molar-refractivity contribution in [3.05, 3.63) is 82.9 Å². The van der Waals surface area contributed by atoms with Crippen LogP contribution in [0.2, 0.25) is 5.02 Å². The van der Waals surface area contributed by atoms with Gasteiger partial charge in [0, 0.05) is 5.02 Å². The van der Waals surface area contributed by atoms with E-state index in [0.29, 0.717) is 34.4 Å². The molecular weight excluding hydrogens is 476 g/mol. The Kier molecular flexibility index (Phi) is 8.55. The van der Waals surface area contributed by atoms with Gasteiger partial charge in [-0.2, -0.15) is 4.72 Å². The fourth-order valence-corrected chi connectivity index (χ4v) is 4.85. The number of amides is 1. The summed E-state index contributed by atoms with van der Waals surface area (Å²) in [4.78, 5) is 13.3. The van der Waals surface area contributed by atoms with Crippen LogP contribution >= 0.6 is 11.6 Å². The first-order valence-electron chi connectivity index (χ1n) is 10.7. The Morgan fingerprint density at radius 3 is 2.38 bits per heavy atom. The maximum absolute atomic E-state index is 13.3. The minimum Gasteiger partial charge on any atom is -0.495 e. The number of ether oxygens (including phenoxy) is 2. The van der Waals surface area contributed by atoms with Crippen molar-refractivity contribution < 1.29 is 22.7 Å². The maximum Gasteiger partial charge on any atom is 0.243 e. The average molecular weight is 503 g/mol. The highest BCUT2D eigenvalue weighted by atomic mass is 35.5. The van der Waals surface area contributed by atoms with Gasteiger partial charge in [0.2, 0.25) is 15.9 Å². The average Bonchev–Trinajstić information content (AvgIpc) is 2.80. The van der Waals surface area contributed by atoms with Gasteiger partial charge < -0.3 is 14.8 Å². The minimum absolute atomic E-state index is 0.0413. The number of carbonyl (C=O) groups excluding carboxylic acids is 1. The molecule has 0 saturated carbocycles. The number of rotatable bonds is 10. The van der Waals surface area contributed by atoms with E-state index >= 15 is 0 Å². The zero-order valence-corrected chi connectivity index (χ0v) is 20.7. The summed E-state index contributed by atoms with van der Waals surface area (Å²) in [5.41, 5.74) is 1.82. The van der Waals surface area contributed by atoms with Crippen LogP contribution in [-0.4, -0.2) is 34.1 Å². The second-order valence-electron chi connectivity index (χ2n) is 7.56. The first-order chi connectivity index (χ1) is 16.2. The van der Waals surface area contributed by atoms with E-state index in [0.717, 1.165) is 5.56 Å². The monoisotopic (exact) mass is 502 g/mol. The van der Waals surface area contributed by atoms with Gasteiger partial charge >= 0.3 is 0 Å². The van der Waals surface area contributed by atoms with E-state index in [1.54, 1.807) is 31.2 Å². The number of sulfonamides is 1. The summed E-state index contributed by atoms with van der Waals surface area (Å²) in [5.74, 6) is 0.463. The summed E-state index contributed by atoms with van der Waals surface area (Å²) in [5, 5.41) is 3.14. The van der Waals surface area contributed by atoms with Crippen LogP contribution in [0.25, 0.3) is 0 Å². The van der Waals surface area contributed by atoms with Gasteiger partial charge in [-0.25, -0.2) is 8.42 Å². The Morgan fingerprint density at radius 2 is 1.74 bits per heavy atom. The Bertz CT molecular complexity index is 1250. The Hall–Kier alpha value is -3.07. The fraction of sp³-hybridized carbons (Fsp3) is 0.240. The number of nitrogens with one attached hydrogen (secondary N) is 2. The van der Waals surface area contributed by atoms with E-state index < -0.39 is 22.0 Å². The maximum atomic E-state index is 13.3. The van der Waals surface area contributed by atoms with Crippen molar-refractivity contribution >= 4 is 33.2 Å².